The Balaban J connectivity index is 1.62. The first-order valence-corrected chi connectivity index (χ1v) is 8.33. The van der Waals surface area contributed by atoms with E-state index < -0.39 is 0 Å². The SMILES string of the molecule is Fc1cccc(NC(=S)Nc2ncn(Cc3ccc(Cl)cc3Cl)n2)c1. The van der Waals surface area contributed by atoms with Crippen molar-refractivity contribution in [1.82, 2.24) is 14.8 Å². The Bertz CT molecular complexity index is 915. The van der Waals surface area contributed by atoms with E-state index in [9.17, 15) is 4.39 Å². The number of halogens is 3. The molecule has 3 rings (SSSR count). The topological polar surface area (TPSA) is 54.8 Å². The van der Waals surface area contributed by atoms with E-state index in [1.165, 1.54) is 12.1 Å². The van der Waals surface area contributed by atoms with Gasteiger partial charge in [0.1, 0.15) is 12.1 Å². The van der Waals surface area contributed by atoms with Gasteiger partial charge in [-0.25, -0.2) is 14.1 Å². The number of anilines is 2. The van der Waals surface area contributed by atoms with Crippen molar-refractivity contribution in [2.75, 3.05) is 10.6 Å². The first-order chi connectivity index (χ1) is 12.0. The van der Waals surface area contributed by atoms with E-state index in [0.29, 0.717) is 28.2 Å². The van der Waals surface area contributed by atoms with Crippen LogP contribution in [0.4, 0.5) is 16.0 Å². The van der Waals surface area contributed by atoms with Crippen molar-refractivity contribution in [2.24, 2.45) is 0 Å². The van der Waals surface area contributed by atoms with Gasteiger partial charge in [0.2, 0.25) is 5.95 Å². The lowest BCUT2D eigenvalue weighted by molar-refractivity contribution is 0.628. The molecule has 5 nitrogen and oxygen atoms in total. The summed E-state index contributed by atoms with van der Waals surface area (Å²) in [5, 5.41) is 11.4. The average Bonchev–Trinajstić information content (AvgIpc) is 2.97. The minimum atomic E-state index is -0.352. The van der Waals surface area contributed by atoms with Gasteiger partial charge < -0.3 is 5.32 Å². The second-order valence-electron chi connectivity index (χ2n) is 5.09. The summed E-state index contributed by atoms with van der Waals surface area (Å²) in [5.41, 5.74) is 1.40. The Kier molecular flexibility index (Phi) is 5.47. The molecular weight excluding hydrogens is 384 g/mol. The molecule has 0 fully saturated rings. The van der Waals surface area contributed by atoms with Crippen LogP contribution >= 0.6 is 35.4 Å². The van der Waals surface area contributed by atoms with E-state index >= 15 is 0 Å². The van der Waals surface area contributed by atoms with Crippen LogP contribution in [0, 0.1) is 5.82 Å². The van der Waals surface area contributed by atoms with Crippen molar-refractivity contribution in [3.63, 3.8) is 0 Å². The van der Waals surface area contributed by atoms with Crippen LogP contribution in [0.2, 0.25) is 10.0 Å². The highest BCUT2D eigenvalue weighted by Crippen LogP contribution is 2.21. The number of benzene rings is 2. The number of rotatable bonds is 4. The molecule has 25 heavy (non-hydrogen) atoms. The number of thiocarbonyl (C=S) groups is 1. The summed E-state index contributed by atoms with van der Waals surface area (Å²) in [5.74, 6) is -0.0333. The van der Waals surface area contributed by atoms with Crippen LogP contribution in [-0.4, -0.2) is 19.9 Å². The Hall–Kier alpha value is -2.22. The summed E-state index contributed by atoms with van der Waals surface area (Å²) in [6, 6.07) is 11.2. The third kappa shape index (κ3) is 4.88. The fraction of sp³-hybridized carbons (Fsp3) is 0.0625. The summed E-state index contributed by atoms with van der Waals surface area (Å²) in [7, 11) is 0. The zero-order chi connectivity index (χ0) is 17.8. The van der Waals surface area contributed by atoms with Gasteiger partial charge in [-0.3, -0.25) is 5.32 Å². The minimum Gasteiger partial charge on any atom is -0.332 e. The van der Waals surface area contributed by atoms with E-state index in [2.05, 4.69) is 20.7 Å². The van der Waals surface area contributed by atoms with E-state index in [-0.39, 0.29) is 10.9 Å². The maximum Gasteiger partial charge on any atom is 0.248 e. The summed E-state index contributed by atoms with van der Waals surface area (Å²) in [4.78, 5) is 4.13. The normalized spacial score (nSPS) is 10.5. The average molecular weight is 396 g/mol. The number of nitrogens with one attached hydrogen (secondary N) is 2. The van der Waals surface area contributed by atoms with Gasteiger partial charge >= 0.3 is 0 Å². The van der Waals surface area contributed by atoms with Crippen molar-refractivity contribution in [2.45, 2.75) is 6.54 Å². The van der Waals surface area contributed by atoms with Crippen molar-refractivity contribution < 1.29 is 4.39 Å². The van der Waals surface area contributed by atoms with E-state index in [0.717, 1.165) is 5.56 Å². The smallest absolute Gasteiger partial charge is 0.248 e. The van der Waals surface area contributed by atoms with E-state index in [4.69, 9.17) is 35.4 Å². The molecule has 1 heterocycles. The molecule has 0 unspecified atom stereocenters. The summed E-state index contributed by atoms with van der Waals surface area (Å²) >= 11 is 17.2. The minimum absolute atomic E-state index is 0.257. The third-order valence-electron chi connectivity index (χ3n) is 3.19. The quantitative estimate of drug-likeness (QED) is 0.633. The third-order valence-corrected chi connectivity index (χ3v) is 3.98. The predicted octanol–water partition coefficient (Wildman–Crippen LogP) is 4.58. The summed E-state index contributed by atoms with van der Waals surface area (Å²) in [6.45, 7) is 0.439. The molecule has 1 aromatic heterocycles. The van der Waals surface area contributed by atoms with Gasteiger partial charge in [-0.05, 0) is 48.1 Å². The summed E-state index contributed by atoms with van der Waals surface area (Å²) < 4.78 is 14.8. The largest absolute Gasteiger partial charge is 0.332 e. The van der Waals surface area contributed by atoms with Crippen LogP contribution in [0.1, 0.15) is 5.56 Å². The molecule has 0 aliphatic rings. The Morgan fingerprint density at radius 2 is 2.00 bits per heavy atom. The van der Waals surface area contributed by atoms with Gasteiger partial charge in [-0.2, -0.15) is 0 Å². The molecule has 0 atom stereocenters. The number of hydrogen-bond donors (Lipinski definition) is 2. The van der Waals surface area contributed by atoms with Crippen LogP contribution in [0.25, 0.3) is 0 Å². The first kappa shape index (κ1) is 17.6. The van der Waals surface area contributed by atoms with Crippen molar-refractivity contribution >= 4 is 52.2 Å². The van der Waals surface area contributed by atoms with Gasteiger partial charge in [-0.1, -0.05) is 35.3 Å². The van der Waals surface area contributed by atoms with Gasteiger partial charge in [-0.15, -0.1) is 5.10 Å². The lowest BCUT2D eigenvalue weighted by atomic mass is 10.2. The summed E-state index contributed by atoms with van der Waals surface area (Å²) in [6.07, 6.45) is 1.55. The second-order valence-corrected chi connectivity index (χ2v) is 6.34. The van der Waals surface area contributed by atoms with Crippen LogP contribution in [0.3, 0.4) is 0 Å². The highest BCUT2D eigenvalue weighted by Gasteiger charge is 2.07. The molecule has 3 aromatic rings. The zero-order valence-corrected chi connectivity index (χ0v) is 15.0. The van der Waals surface area contributed by atoms with Gasteiger partial charge in [0, 0.05) is 15.7 Å². The molecular formula is C16H12Cl2FN5S. The van der Waals surface area contributed by atoms with Crippen LogP contribution < -0.4 is 10.6 Å². The Labute approximate surface area is 158 Å². The highest BCUT2D eigenvalue weighted by molar-refractivity contribution is 7.80. The zero-order valence-electron chi connectivity index (χ0n) is 12.7. The van der Waals surface area contributed by atoms with Crippen LogP contribution in [0.15, 0.2) is 48.8 Å². The van der Waals surface area contributed by atoms with Gasteiger partial charge in [0.15, 0.2) is 5.11 Å². The molecule has 0 bridgehead atoms. The molecule has 9 heteroatoms. The second kappa shape index (κ2) is 7.77. The molecule has 0 aliphatic carbocycles. The van der Waals surface area contributed by atoms with Crippen molar-refractivity contribution in [3.05, 3.63) is 70.2 Å². The fourth-order valence-electron chi connectivity index (χ4n) is 2.08. The molecule has 2 N–H and O–H groups in total. The molecule has 2 aromatic carbocycles. The first-order valence-electron chi connectivity index (χ1n) is 7.16. The molecule has 0 amide bonds. The maximum atomic E-state index is 13.2. The van der Waals surface area contributed by atoms with Crippen LogP contribution in [0.5, 0.6) is 0 Å². The van der Waals surface area contributed by atoms with Crippen molar-refractivity contribution in [3.8, 4) is 0 Å². The number of aromatic nitrogens is 3. The predicted molar refractivity (Wildman–Crippen MR) is 102 cm³/mol. The molecule has 0 radical (unpaired) electrons. The Morgan fingerprint density at radius 1 is 1.16 bits per heavy atom. The lowest BCUT2D eigenvalue weighted by Gasteiger charge is -2.08. The van der Waals surface area contributed by atoms with E-state index in [1.54, 1.807) is 35.3 Å². The van der Waals surface area contributed by atoms with Gasteiger partial charge in [0.05, 0.1) is 6.54 Å². The molecule has 0 saturated carbocycles. The van der Waals surface area contributed by atoms with Crippen molar-refractivity contribution in [1.29, 1.82) is 0 Å². The molecule has 128 valence electrons. The molecule has 0 saturated heterocycles. The fourth-order valence-corrected chi connectivity index (χ4v) is 2.76. The number of hydrogen-bond acceptors (Lipinski definition) is 3. The maximum absolute atomic E-state index is 13.2. The monoisotopic (exact) mass is 395 g/mol. The van der Waals surface area contributed by atoms with Crippen LogP contribution in [-0.2, 0) is 6.54 Å². The lowest BCUT2D eigenvalue weighted by Crippen LogP contribution is -2.20. The Morgan fingerprint density at radius 3 is 2.76 bits per heavy atom. The molecule has 0 spiro atoms. The number of nitrogens with zero attached hydrogens (tertiary/aromatic N) is 3. The van der Waals surface area contributed by atoms with Gasteiger partial charge in [0.25, 0.3) is 0 Å². The highest BCUT2D eigenvalue weighted by atomic mass is 35.5. The van der Waals surface area contributed by atoms with E-state index in [1.807, 2.05) is 6.07 Å². The molecule has 0 aliphatic heterocycles. The standard InChI is InChI=1S/C16H12Cl2FN5S/c17-11-5-4-10(14(18)6-11)8-24-9-20-15(23-24)22-16(25)21-13-3-1-2-12(19)7-13/h1-7,9H,8H2,(H2,21,22,23,25).